The van der Waals surface area contributed by atoms with Gasteiger partial charge in [0.25, 0.3) is 0 Å². The molecule has 0 amide bonds. The number of benzene rings is 6. The number of fused-ring (bicyclic) bond motifs is 2. The van der Waals surface area contributed by atoms with Gasteiger partial charge in [0.05, 0.1) is 25.3 Å². The summed E-state index contributed by atoms with van der Waals surface area (Å²) in [6.45, 7) is 0. The monoisotopic (exact) mass is 768 g/mol. The Balaban J connectivity index is 0.000000177. The molecule has 2 aliphatic carbocycles. The number of allylic oxidation sites excluding steroid dienone is 3. The average molecular weight is 769 g/mol. The zero-order valence-electron chi connectivity index (χ0n) is 33.0. The Bertz CT molecular complexity index is 2470. The molecule has 6 nitrogen and oxygen atoms in total. The Morgan fingerprint density at radius 1 is 0.569 bits per heavy atom. The molecular formula is C52H48O6. The molecule has 0 atom stereocenters. The van der Waals surface area contributed by atoms with Crippen LogP contribution in [0.4, 0.5) is 0 Å². The van der Waals surface area contributed by atoms with Gasteiger partial charge >= 0.3 is 11.9 Å². The standard InChI is InChI=1S/2C26H24O3/c2*1-29-24-7-2-4-19(17-24)16-23-15-14-21-6-3-5-20(25(21)23)11-8-18-9-12-22(13-10-18)26(27)28/h2-7,9-10,12-13,16-17H,8,11,14-15H2,1H3,(H,27,28);2-7,9-10,12-13,15,17H,8,11,14,16H2,1H3,(H,27,28)/b23-16+;. The topological polar surface area (TPSA) is 93.1 Å². The van der Waals surface area contributed by atoms with Crippen molar-refractivity contribution < 1.29 is 29.3 Å². The van der Waals surface area contributed by atoms with E-state index >= 15 is 0 Å². The maximum absolute atomic E-state index is 11.0. The Kier molecular flexibility index (Phi) is 12.6. The molecule has 8 rings (SSSR count). The van der Waals surface area contributed by atoms with Crippen LogP contribution in [0.2, 0.25) is 0 Å². The molecule has 0 saturated heterocycles. The van der Waals surface area contributed by atoms with E-state index in [0.29, 0.717) is 11.1 Å². The summed E-state index contributed by atoms with van der Waals surface area (Å²) < 4.78 is 10.7. The van der Waals surface area contributed by atoms with Crippen LogP contribution >= 0.6 is 0 Å². The molecule has 0 heterocycles. The number of carboxylic acid groups (broad SMARTS) is 2. The fourth-order valence-corrected chi connectivity index (χ4v) is 8.08. The Hall–Kier alpha value is -6.66. The summed E-state index contributed by atoms with van der Waals surface area (Å²) in [5, 5.41) is 18.1. The van der Waals surface area contributed by atoms with E-state index in [2.05, 4.69) is 72.8 Å². The van der Waals surface area contributed by atoms with Crippen LogP contribution < -0.4 is 9.47 Å². The molecule has 0 fully saturated rings. The van der Waals surface area contributed by atoms with Crippen molar-refractivity contribution >= 4 is 29.2 Å². The van der Waals surface area contributed by atoms with Gasteiger partial charge in [-0.3, -0.25) is 0 Å². The number of aromatic carboxylic acids is 2. The van der Waals surface area contributed by atoms with E-state index in [1.54, 1.807) is 38.5 Å². The summed E-state index contributed by atoms with van der Waals surface area (Å²) in [5.74, 6) is -0.00965. The summed E-state index contributed by atoms with van der Waals surface area (Å²) in [4.78, 5) is 22.1. The van der Waals surface area contributed by atoms with Crippen molar-refractivity contribution in [2.24, 2.45) is 0 Å². The lowest BCUT2D eigenvalue weighted by atomic mass is 9.91. The Morgan fingerprint density at radius 2 is 1.12 bits per heavy atom. The molecule has 0 spiro atoms. The molecule has 0 aliphatic heterocycles. The smallest absolute Gasteiger partial charge is 0.335 e. The number of hydrogen-bond acceptors (Lipinski definition) is 4. The van der Waals surface area contributed by atoms with Crippen LogP contribution in [0.3, 0.4) is 0 Å². The first-order chi connectivity index (χ1) is 28.3. The summed E-state index contributed by atoms with van der Waals surface area (Å²) in [6, 6.07) is 44.0. The predicted octanol–water partition coefficient (Wildman–Crippen LogP) is 11.0. The number of rotatable bonds is 13. The van der Waals surface area contributed by atoms with Crippen molar-refractivity contribution in [2.45, 2.75) is 51.4 Å². The highest BCUT2D eigenvalue weighted by atomic mass is 16.5. The van der Waals surface area contributed by atoms with Crippen LogP contribution in [0.5, 0.6) is 11.5 Å². The summed E-state index contributed by atoms with van der Waals surface area (Å²) in [5.41, 5.74) is 16.4. The van der Waals surface area contributed by atoms with Gasteiger partial charge in [-0.25, -0.2) is 9.59 Å². The number of carboxylic acids is 2. The highest BCUT2D eigenvalue weighted by Gasteiger charge is 2.20. The van der Waals surface area contributed by atoms with Gasteiger partial charge in [0, 0.05) is 0 Å². The van der Waals surface area contributed by atoms with Gasteiger partial charge in [-0.1, -0.05) is 97.1 Å². The van der Waals surface area contributed by atoms with Gasteiger partial charge in [0.15, 0.2) is 0 Å². The van der Waals surface area contributed by atoms with Crippen molar-refractivity contribution in [3.05, 3.63) is 206 Å². The minimum absolute atomic E-state index is 0.331. The molecule has 0 aromatic heterocycles. The second-order valence-electron chi connectivity index (χ2n) is 14.8. The van der Waals surface area contributed by atoms with E-state index < -0.39 is 11.9 Å². The second kappa shape index (κ2) is 18.5. The molecule has 0 saturated carbocycles. The highest BCUT2D eigenvalue weighted by Crippen LogP contribution is 2.37. The average Bonchev–Trinajstić information content (AvgIpc) is 3.87. The predicted molar refractivity (Wildman–Crippen MR) is 232 cm³/mol. The lowest BCUT2D eigenvalue weighted by molar-refractivity contribution is 0.0686. The second-order valence-corrected chi connectivity index (χ2v) is 14.8. The highest BCUT2D eigenvalue weighted by molar-refractivity contribution is 5.88. The quantitative estimate of drug-likeness (QED) is 0.122. The third-order valence-corrected chi connectivity index (χ3v) is 11.1. The van der Waals surface area contributed by atoms with Crippen LogP contribution in [0.1, 0.15) is 82.8 Å². The molecule has 0 unspecified atom stereocenters. The minimum atomic E-state index is -0.884. The molecular weight excluding hydrogens is 721 g/mol. The fraction of sp³-hybridized carbons (Fsp3) is 0.192. The van der Waals surface area contributed by atoms with Gasteiger partial charge in [-0.2, -0.15) is 0 Å². The number of aryl methyl sites for hydroxylation is 5. The number of carbonyl (C=O) groups is 2. The first-order valence-corrected chi connectivity index (χ1v) is 19.8. The van der Waals surface area contributed by atoms with Crippen LogP contribution in [0, 0.1) is 0 Å². The third-order valence-electron chi connectivity index (χ3n) is 11.1. The van der Waals surface area contributed by atoms with Crippen LogP contribution in [-0.2, 0) is 44.9 Å². The van der Waals surface area contributed by atoms with E-state index in [4.69, 9.17) is 19.7 Å². The van der Waals surface area contributed by atoms with Crippen molar-refractivity contribution in [1.82, 2.24) is 0 Å². The summed E-state index contributed by atoms with van der Waals surface area (Å²) in [7, 11) is 3.39. The van der Waals surface area contributed by atoms with E-state index in [0.717, 1.165) is 79.6 Å². The first-order valence-electron chi connectivity index (χ1n) is 19.8. The third kappa shape index (κ3) is 9.64. The van der Waals surface area contributed by atoms with Gasteiger partial charge in [0.1, 0.15) is 11.5 Å². The SMILES string of the molecule is COc1cccc(/C=C2\CCc3cccc(CCc4ccc(C(=O)O)cc4)c32)c1.COc1cccc(CC2=CCc3cccc(CCc4ccc(C(=O)O)cc4)c32)c1. The maximum Gasteiger partial charge on any atom is 0.335 e. The maximum atomic E-state index is 11.0. The van der Waals surface area contributed by atoms with Gasteiger partial charge in [-0.05, 0) is 167 Å². The molecule has 6 heteroatoms. The number of ether oxygens (including phenoxy) is 2. The minimum Gasteiger partial charge on any atom is -0.497 e. The van der Waals surface area contributed by atoms with Crippen molar-refractivity contribution in [1.29, 1.82) is 0 Å². The molecule has 0 radical (unpaired) electrons. The molecule has 6 aromatic rings. The van der Waals surface area contributed by atoms with Crippen molar-refractivity contribution in [2.75, 3.05) is 14.2 Å². The van der Waals surface area contributed by atoms with E-state index in [9.17, 15) is 9.59 Å². The number of methoxy groups -OCH3 is 2. The molecule has 58 heavy (non-hydrogen) atoms. The molecule has 2 aliphatic rings. The molecule has 0 bridgehead atoms. The van der Waals surface area contributed by atoms with Gasteiger partial charge in [-0.15, -0.1) is 0 Å². The molecule has 292 valence electrons. The van der Waals surface area contributed by atoms with Crippen molar-refractivity contribution in [3.63, 3.8) is 0 Å². The Morgan fingerprint density at radius 3 is 1.72 bits per heavy atom. The fourth-order valence-electron chi connectivity index (χ4n) is 8.08. The lowest BCUT2D eigenvalue weighted by Crippen LogP contribution is -2.00. The first kappa shape index (κ1) is 39.6. The largest absolute Gasteiger partial charge is 0.497 e. The molecule has 2 N–H and O–H groups in total. The normalized spacial score (nSPS) is 13.2. The Labute approximate surface area is 340 Å². The molecule has 6 aromatic carbocycles. The van der Waals surface area contributed by atoms with Crippen LogP contribution in [-0.4, -0.2) is 36.4 Å². The van der Waals surface area contributed by atoms with Crippen LogP contribution in [0.15, 0.2) is 140 Å². The van der Waals surface area contributed by atoms with E-state index in [1.807, 2.05) is 48.5 Å². The lowest BCUT2D eigenvalue weighted by Gasteiger charge is -2.13. The van der Waals surface area contributed by atoms with Crippen LogP contribution in [0.25, 0.3) is 17.2 Å². The van der Waals surface area contributed by atoms with Gasteiger partial charge < -0.3 is 19.7 Å². The summed E-state index contributed by atoms with van der Waals surface area (Å²) in [6.07, 6.45) is 12.3. The zero-order valence-corrected chi connectivity index (χ0v) is 33.0. The van der Waals surface area contributed by atoms with Gasteiger partial charge in [0.2, 0.25) is 0 Å². The number of hydrogen-bond donors (Lipinski definition) is 2. The zero-order chi connectivity index (χ0) is 40.4. The summed E-state index contributed by atoms with van der Waals surface area (Å²) >= 11 is 0. The van der Waals surface area contributed by atoms with E-state index in [1.165, 1.54) is 50.1 Å². The van der Waals surface area contributed by atoms with Crippen molar-refractivity contribution in [3.8, 4) is 11.5 Å². The van der Waals surface area contributed by atoms with E-state index in [-0.39, 0.29) is 0 Å².